The molecule has 1 aromatic rings. The number of phenols is 1. The molecule has 0 heterocycles. The van der Waals surface area contributed by atoms with Crippen molar-refractivity contribution >= 4 is 12.2 Å². The number of hydrogen-bond acceptors (Lipinski definition) is 6. The molecule has 0 aromatic heterocycles. The van der Waals surface area contributed by atoms with Crippen LogP contribution in [-0.4, -0.2) is 47.3 Å². The van der Waals surface area contributed by atoms with Gasteiger partial charge in [-0.25, -0.2) is 0 Å². The highest BCUT2D eigenvalue weighted by Gasteiger charge is 2.26. The number of benzene rings is 1. The molecule has 0 aliphatic heterocycles. The van der Waals surface area contributed by atoms with E-state index < -0.39 is 18.0 Å². The summed E-state index contributed by atoms with van der Waals surface area (Å²) in [4.78, 5) is 21.7. The van der Waals surface area contributed by atoms with E-state index in [-0.39, 0.29) is 29.3 Å². The smallest absolute Gasteiger partial charge is 0.216 e. The molecule has 0 saturated heterocycles. The zero-order chi connectivity index (χ0) is 15.3. The van der Waals surface area contributed by atoms with Crippen LogP contribution in [0.25, 0.3) is 0 Å². The van der Waals surface area contributed by atoms with Gasteiger partial charge < -0.3 is 25.4 Å². The number of amides is 1. The fourth-order valence-electron chi connectivity index (χ4n) is 1.73. The molecule has 0 saturated carbocycles. The predicted molar refractivity (Wildman–Crippen MR) is 69.7 cm³/mol. The van der Waals surface area contributed by atoms with Crippen LogP contribution in [0.15, 0.2) is 12.1 Å². The first-order chi connectivity index (χ1) is 9.42. The van der Waals surface area contributed by atoms with Crippen LogP contribution < -0.4 is 10.1 Å². The molecule has 7 heteroatoms. The van der Waals surface area contributed by atoms with Crippen molar-refractivity contribution in [2.75, 3.05) is 13.7 Å². The van der Waals surface area contributed by atoms with Crippen LogP contribution in [0.4, 0.5) is 0 Å². The van der Waals surface area contributed by atoms with Gasteiger partial charge in [-0.15, -0.1) is 0 Å². The van der Waals surface area contributed by atoms with E-state index in [4.69, 9.17) is 4.74 Å². The standard InChI is InChI=1S/C13H17NO6/c1-7(16)14-5-9(17)12(18)11-8(6-15)3-4-10(20-2)13(11)19/h3-4,6,9,12,17-19H,5H2,1-2H3,(H,14,16). The van der Waals surface area contributed by atoms with Gasteiger partial charge in [0.25, 0.3) is 0 Å². The molecule has 7 nitrogen and oxygen atoms in total. The first-order valence-electron chi connectivity index (χ1n) is 5.88. The number of rotatable bonds is 6. The van der Waals surface area contributed by atoms with E-state index in [1.54, 1.807) is 0 Å². The molecular weight excluding hydrogens is 266 g/mol. The van der Waals surface area contributed by atoms with Crippen molar-refractivity contribution in [3.63, 3.8) is 0 Å². The van der Waals surface area contributed by atoms with Crippen LogP contribution in [-0.2, 0) is 4.79 Å². The molecule has 2 atom stereocenters. The van der Waals surface area contributed by atoms with Gasteiger partial charge in [0.15, 0.2) is 17.8 Å². The second-order valence-corrected chi connectivity index (χ2v) is 4.19. The summed E-state index contributed by atoms with van der Waals surface area (Å²) in [6.07, 6.45) is -2.48. The highest BCUT2D eigenvalue weighted by Crippen LogP contribution is 2.36. The number of phenolic OH excluding ortho intramolecular Hbond substituents is 1. The lowest BCUT2D eigenvalue weighted by atomic mass is 9.97. The van der Waals surface area contributed by atoms with Gasteiger partial charge in [-0.1, -0.05) is 0 Å². The Hall–Kier alpha value is -2.12. The summed E-state index contributed by atoms with van der Waals surface area (Å²) >= 11 is 0. The van der Waals surface area contributed by atoms with E-state index in [2.05, 4.69) is 5.32 Å². The molecule has 0 fully saturated rings. The number of hydrogen-bond donors (Lipinski definition) is 4. The molecule has 0 aliphatic rings. The van der Waals surface area contributed by atoms with Gasteiger partial charge in [0.2, 0.25) is 5.91 Å². The summed E-state index contributed by atoms with van der Waals surface area (Å²) in [6.45, 7) is 1.05. The van der Waals surface area contributed by atoms with Gasteiger partial charge in [-0.05, 0) is 12.1 Å². The second-order valence-electron chi connectivity index (χ2n) is 4.19. The van der Waals surface area contributed by atoms with Crippen molar-refractivity contribution in [3.05, 3.63) is 23.3 Å². The van der Waals surface area contributed by atoms with Crippen LogP contribution in [0.1, 0.15) is 28.9 Å². The minimum atomic E-state index is -1.54. The molecule has 0 bridgehead atoms. The topological polar surface area (TPSA) is 116 Å². The number of carbonyl (C=O) groups excluding carboxylic acids is 2. The third kappa shape index (κ3) is 3.46. The SMILES string of the molecule is COc1ccc(C=O)c(C(O)C(O)CNC(C)=O)c1O. The number of nitrogens with one attached hydrogen (secondary N) is 1. The normalized spacial score (nSPS) is 13.4. The zero-order valence-corrected chi connectivity index (χ0v) is 11.2. The minimum absolute atomic E-state index is 0.0256. The summed E-state index contributed by atoms with van der Waals surface area (Å²) in [7, 11) is 1.32. The van der Waals surface area contributed by atoms with Crippen LogP contribution >= 0.6 is 0 Å². The van der Waals surface area contributed by atoms with Crippen LogP contribution in [0.3, 0.4) is 0 Å². The Kier molecular flexibility index (Phi) is 5.48. The average molecular weight is 283 g/mol. The van der Waals surface area contributed by atoms with Gasteiger partial charge in [0.1, 0.15) is 12.2 Å². The lowest BCUT2D eigenvalue weighted by Crippen LogP contribution is -2.34. The summed E-state index contributed by atoms with van der Waals surface area (Å²) < 4.78 is 4.88. The van der Waals surface area contributed by atoms with Gasteiger partial charge >= 0.3 is 0 Å². The van der Waals surface area contributed by atoms with Gasteiger partial charge in [-0.3, -0.25) is 9.59 Å². The molecule has 110 valence electrons. The minimum Gasteiger partial charge on any atom is -0.504 e. The van der Waals surface area contributed by atoms with Crippen molar-refractivity contribution in [2.24, 2.45) is 0 Å². The van der Waals surface area contributed by atoms with Crippen LogP contribution in [0.5, 0.6) is 11.5 Å². The maximum atomic E-state index is 11.0. The Labute approximate surface area is 115 Å². The van der Waals surface area contributed by atoms with Crippen LogP contribution in [0, 0.1) is 0 Å². The van der Waals surface area contributed by atoms with E-state index in [0.717, 1.165) is 0 Å². The molecule has 2 unspecified atom stereocenters. The van der Waals surface area contributed by atoms with Crippen molar-refractivity contribution in [2.45, 2.75) is 19.1 Å². The molecular formula is C13H17NO6. The maximum absolute atomic E-state index is 11.0. The monoisotopic (exact) mass is 283 g/mol. The number of methoxy groups -OCH3 is 1. The predicted octanol–water partition coefficient (Wildman–Crippen LogP) is -0.256. The number of aromatic hydroxyl groups is 1. The molecule has 0 aliphatic carbocycles. The van der Waals surface area contributed by atoms with Crippen LogP contribution in [0.2, 0.25) is 0 Å². The Morgan fingerprint density at radius 3 is 2.60 bits per heavy atom. The number of aliphatic hydroxyl groups excluding tert-OH is 2. The molecule has 1 aromatic carbocycles. The summed E-state index contributed by atoms with van der Waals surface area (Å²) in [5, 5.41) is 32.1. The van der Waals surface area contributed by atoms with E-state index in [0.29, 0.717) is 6.29 Å². The van der Waals surface area contributed by atoms with Crippen molar-refractivity contribution < 1.29 is 29.6 Å². The number of aliphatic hydroxyl groups is 2. The van der Waals surface area contributed by atoms with Crippen molar-refractivity contribution in [1.29, 1.82) is 0 Å². The number of carbonyl (C=O) groups is 2. The highest BCUT2D eigenvalue weighted by molar-refractivity contribution is 5.80. The second kappa shape index (κ2) is 6.88. The lowest BCUT2D eigenvalue weighted by Gasteiger charge is -2.21. The van der Waals surface area contributed by atoms with Crippen molar-refractivity contribution in [1.82, 2.24) is 5.32 Å². The van der Waals surface area contributed by atoms with E-state index in [1.807, 2.05) is 0 Å². The third-order valence-corrected chi connectivity index (χ3v) is 2.78. The van der Waals surface area contributed by atoms with Gasteiger partial charge in [0, 0.05) is 24.6 Å². The fraction of sp³-hybridized carbons (Fsp3) is 0.385. The zero-order valence-electron chi connectivity index (χ0n) is 11.2. The van der Waals surface area contributed by atoms with Gasteiger partial charge in [-0.2, -0.15) is 0 Å². The van der Waals surface area contributed by atoms with E-state index in [1.165, 1.54) is 26.2 Å². The van der Waals surface area contributed by atoms with E-state index >= 15 is 0 Å². The van der Waals surface area contributed by atoms with Crippen molar-refractivity contribution in [3.8, 4) is 11.5 Å². The average Bonchev–Trinajstić information content (AvgIpc) is 2.43. The largest absolute Gasteiger partial charge is 0.504 e. The molecule has 4 N–H and O–H groups in total. The first-order valence-corrected chi connectivity index (χ1v) is 5.88. The Balaban J connectivity index is 3.09. The van der Waals surface area contributed by atoms with E-state index in [9.17, 15) is 24.9 Å². The maximum Gasteiger partial charge on any atom is 0.216 e. The summed E-state index contributed by atoms with van der Waals surface area (Å²) in [5.41, 5.74) is -0.116. The Morgan fingerprint density at radius 1 is 1.45 bits per heavy atom. The number of aldehydes is 1. The number of ether oxygens (including phenoxy) is 1. The summed E-state index contributed by atoms with van der Waals surface area (Å²) in [6, 6.07) is 2.73. The fourth-order valence-corrected chi connectivity index (χ4v) is 1.73. The Bertz CT molecular complexity index is 502. The molecule has 0 spiro atoms. The van der Waals surface area contributed by atoms with Gasteiger partial charge in [0.05, 0.1) is 7.11 Å². The molecule has 20 heavy (non-hydrogen) atoms. The molecule has 1 rings (SSSR count). The third-order valence-electron chi connectivity index (χ3n) is 2.78. The Morgan fingerprint density at radius 2 is 2.10 bits per heavy atom. The highest BCUT2D eigenvalue weighted by atomic mass is 16.5. The molecule has 0 radical (unpaired) electrons. The first kappa shape index (κ1) is 15.9. The molecule has 1 amide bonds. The quantitative estimate of drug-likeness (QED) is 0.535. The summed E-state index contributed by atoms with van der Waals surface area (Å²) in [5.74, 6) is -0.732. The lowest BCUT2D eigenvalue weighted by molar-refractivity contribution is -0.119.